The summed E-state index contributed by atoms with van der Waals surface area (Å²) in [5.41, 5.74) is 5.11. The minimum atomic E-state index is -4.12. The third-order valence-electron chi connectivity index (χ3n) is 10.6. The van der Waals surface area contributed by atoms with Crippen LogP contribution in [0.2, 0.25) is 0 Å². The second-order valence-electron chi connectivity index (χ2n) is 15.9. The standard InChI is InChI=1S/C39H47N7O3S/c1-25-9-7-10-26(2)35(25)32-20-28-13-14-29(21-38(3,4)5)46(24-33-40-18-15-34(43-33)45(6)30-22-39(23-30)16-17-39)36(47)27-11-8-12-31(19-27)50(48,49)44-37(41-28)42-32/h7-12,15,18-20,29-30H,13-14,16-17,21-24H2,1-6H3,(H,41,42,44)/t29-/m0/s1. The Morgan fingerprint density at radius 2 is 1.70 bits per heavy atom. The summed E-state index contributed by atoms with van der Waals surface area (Å²) in [4.78, 5) is 37.7. The summed E-state index contributed by atoms with van der Waals surface area (Å²) < 4.78 is 30.2. The van der Waals surface area contributed by atoms with Crippen molar-refractivity contribution in [2.24, 2.45) is 10.8 Å². The smallest absolute Gasteiger partial charge is 0.264 e. The molecule has 1 spiro atoms. The Kier molecular flexibility index (Phi) is 8.69. The summed E-state index contributed by atoms with van der Waals surface area (Å²) in [7, 11) is -2.02. The zero-order valence-electron chi connectivity index (χ0n) is 29.9. The molecule has 3 heterocycles. The van der Waals surface area contributed by atoms with Crippen LogP contribution in [0.4, 0.5) is 11.8 Å². The maximum absolute atomic E-state index is 14.6. The van der Waals surface area contributed by atoms with Gasteiger partial charge in [-0.1, -0.05) is 45.0 Å². The lowest BCUT2D eigenvalue weighted by Crippen LogP contribution is -2.44. The molecule has 2 aromatic carbocycles. The van der Waals surface area contributed by atoms with Gasteiger partial charge in [-0.25, -0.2) is 33.1 Å². The van der Waals surface area contributed by atoms with Crippen molar-refractivity contribution >= 4 is 27.7 Å². The Bertz CT molecular complexity index is 2030. The number of amides is 1. The van der Waals surface area contributed by atoms with Crippen molar-refractivity contribution in [3.8, 4) is 11.3 Å². The molecule has 262 valence electrons. The highest BCUT2D eigenvalue weighted by Gasteiger charge is 2.54. The Morgan fingerprint density at radius 3 is 2.40 bits per heavy atom. The van der Waals surface area contributed by atoms with Crippen LogP contribution in [0.5, 0.6) is 0 Å². The van der Waals surface area contributed by atoms with Gasteiger partial charge in [0.25, 0.3) is 15.9 Å². The molecule has 7 rings (SSSR count). The number of carbonyl (C=O) groups is 1. The largest absolute Gasteiger partial charge is 0.357 e. The van der Waals surface area contributed by atoms with E-state index in [9.17, 15) is 13.2 Å². The van der Waals surface area contributed by atoms with Crippen LogP contribution in [0.15, 0.2) is 65.7 Å². The van der Waals surface area contributed by atoms with Gasteiger partial charge < -0.3 is 9.80 Å². The first-order valence-corrected chi connectivity index (χ1v) is 19.1. The summed E-state index contributed by atoms with van der Waals surface area (Å²) in [6.07, 6.45) is 8.66. The van der Waals surface area contributed by atoms with Crippen molar-refractivity contribution in [3.05, 3.63) is 89.0 Å². The molecule has 4 aromatic rings. The van der Waals surface area contributed by atoms with Gasteiger partial charge in [-0.2, -0.15) is 0 Å². The molecule has 1 N–H and O–H groups in total. The molecule has 2 aliphatic carbocycles. The van der Waals surface area contributed by atoms with Crippen LogP contribution in [0.1, 0.15) is 92.3 Å². The molecule has 1 atom stereocenters. The molecule has 2 saturated carbocycles. The van der Waals surface area contributed by atoms with Crippen molar-refractivity contribution in [1.82, 2.24) is 24.8 Å². The number of nitrogens with zero attached hydrogens (tertiary/aromatic N) is 6. The number of sulfonamides is 1. The van der Waals surface area contributed by atoms with Gasteiger partial charge in [0.15, 0.2) is 0 Å². The third kappa shape index (κ3) is 7.10. The van der Waals surface area contributed by atoms with E-state index in [4.69, 9.17) is 15.0 Å². The van der Waals surface area contributed by atoms with Crippen LogP contribution >= 0.6 is 0 Å². The Morgan fingerprint density at radius 1 is 0.980 bits per heavy atom. The van der Waals surface area contributed by atoms with E-state index in [0.717, 1.165) is 22.5 Å². The van der Waals surface area contributed by atoms with Gasteiger partial charge in [0.2, 0.25) is 5.95 Å². The molecule has 4 bridgehead atoms. The van der Waals surface area contributed by atoms with Gasteiger partial charge in [0, 0.05) is 42.1 Å². The lowest BCUT2D eigenvalue weighted by Gasteiger charge is -2.42. The van der Waals surface area contributed by atoms with Crippen LogP contribution in [-0.4, -0.2) is 58.3 Å². The third-order valence-corrected chi connectivity index (χ3v) is 11.9. The number of hydrogen-bond acceptors (Lipinski definition) is 8. The summed E-state index contributed by atoms with van der Waals surface area (Å²) >= 11 is 0. The Hall–Kier alpha value is -4.38. The van der Waals surface area contributed by atoms with Crippen molar-refractivity contribution in [2.75, 3.05) is 16.7 Å². The number of aryl methyl sites for hydroxylation is 3. The number of carbonyl (C=O) groups excluding carboxylic acids is 1. The first-order valence-electron chi connectivity index (χ1n) is 17.6. The number of nitrogens with one attached hydrogen (secondary N) is 1. The van der Waals surface area contributed by atoms with Gasteiger partial charge in [0.05, 0.1) is 17.1 Å². The predicted octanol–water partition coefficient (Wildman–Crippen LogP) is 7.12. The number of benzene rings is 2. The van der Waals surface area contributed by atoms with E-state index in [1.807, 2.05) is 49.1 Å². The molecule has 2 fully saturated rings. The number of aromatic nitrogens is 4. The average molecular weight is 694 g/mol. The fraction of sp³-hybridized carbons (Fsp3) is 0.462. The van der Waals surface area contributed by atoms with Gasteiger partial charge in [-0.15, -0.1) is 0 Å². The zero-order valence-corrected chi connectivity index (χ0v) is 30.7. The fourth-order valence-electron chi connectivity index (χ4n) is 7.71. The number of fused-ring (bicyclic) bond motifs is 4. The molecule has 0 radical (unpaired) electrons. The lowest BCUT2D eigenvalue weighted by atomic mass is 9.76. The molecule has 11 heteroatoms. The van der Waals surface area contributed by atoms with Crippen LogP contribution in [0, 0.1) is 24.7 Å². The van der Waals surface area contributed by atoms with E-state index in [2.05, 4.69) is 42.4 Å². The second kappa shape index (κ2) is 12.7. The van der Waals surface area contributed by atoms with Gasteiger partial charge in [-0.05, 0) is 111 Å². The highest BCUT2D eigenvalue weighted by molar-refractivity contribution is 7.92. The molecular weight excluding hydrogens is 647 g/mol. The maximum Gasteiger partial charge on any atom is 0.264 e. The molecule has 1 aliphatic heterocycles. The lowest BCUT2D eigenvalue weighted by molar-refractivity contribution is 0.0588. The first kappa shape index (κ1) is 34.1. The molecule has 0 saturated heterocycles. The van der Waals surface area contributed by atoms with Gasteiger partial charge in [-0.3, -0.25) is 4.79 Å². The Labute approximate surface area is 295 Å². The first-order chi connectivity index (χ1) is 23.7. The van der Waals surface area contributed by atoms with Crippen molar-refractivity contribution < 1.29 is 13.2 Å². The highest BCUT2D eigenvalue weighted by Crippen LogP contribution is 2.61. The minimum Gasteiger partial charge on any atom is -0.357 e. The van der Waals surface area contributed by atoms with Crippen LogP contribution in [-0.2, 0) is 23.0 Å². The topological polar surface area (TPSA) is 121 Å². The minimum absolute atomic E-state index is 0.00811. The second-order valence-corrected chi connectivity index (χ2v) is 17.5. The highest BCUT2D eigenvalue weighted by atomic mass is 32.2. The normalized spacial score (nSPS) is 19.8. The Balaban J connectivity index is 1.29. The van der Waals surface area contributed by atoms with Crippen molar-refractivity contribution in [1.29, 1.82) is 0 Å². The van der Waals surface area contributed by atoms with E-state index in [1.165, 1.54) is 37.8 Å². The van der Waals surface area contributed by atoms with Crippen LogP contribution in [0.25, 0.3) is 11.3 Å². The van der Waals surface area contributed by atoms with Crippen molar-refractivity contribution in [3.63, 3.8) is 0 Å². The maximum atomic E-state index is 14.6. The van der Waals surface area contributed by atoms with Crippen LogP contribution < -0.4 is 9.62 Å². The van der Waals surface area contributed by atoms with E-state index in [-0.39, 0.29) is 40.3 Å². The average Bonchev–Trinajstić information content (AvgIpc) is 3.85. The molecule has 2 aromatic heterocycles. The summed E-state index contributed by atoms with van der Waals surface area (Å²) in [5, 5.41) is 0. The number of rotatable bonds is 6. The SMILES string of the molecule is Cc1cccc(C)c1-c1cc2nc(n1)NS(=O)(=O)c1cccc(c1)C(=O)N(Cc1nccc(N(C)C3CC4(CC4)C3)n1)[C@H](CC(C)(C)C)CC2. The predicted molar refractivity (Wildman–Crippen MR) is 195 cm³/mol. The number of hydrogen-bond donors (Lipinski definition) is 1. The molecular formula is C39H47N7O3S. The van der Waals surface area contributed by atoms with E-state index in [0.29, 0.717) is 47.9 Å². The van der Waals surface area contributed by atoms with E-state index in [1.54, 1.807) is 18.3 Å². The molecule has 3 aliphatic rings. The molecule has 1 amide bonds. The fourth-order valence-corrected chi connectivity index (χ4v) is 8.70. The quantitative estimate of drug-likeness (QED) is 0.227. The summed E-state index contributed by atoms with van der Waals surface area (Å²) in [6.45, 7) is 10.8. The molecule has 50 heavy (non-hydrogen) atoms. The van der Waals surface area contributed by atoms with Crippen LogP contribution in [0.3, 0.4) is 0 Å². The van der Waals surface area contributed by atoms with E-state index >= 15 is 0 Å². The summed E-state index contributed by atoms with van der Waals surface area (Å²) in [6, 6.07) is 16.4. The van der Waals surface area contributed by atoms with Gasteiger partial charge in [0.1, 0.15) is 11.6 Å². The van der Waals surface area contributed by atoms with Gasteiger partial charge >= 0.3 is 0 Å². The van der Waals surface area contributed by atoms with Crippen molar-refractivity contribution in [2.45, 2.75) is 103 Å². The summed E-state index contributed by atoms with van der Waals surface area (Å²) in [5.74, 6) is 1.15. The number of anilines is 2. The van der Waals surface area contributed by atoms with E-state index < -0.39 is 10.0 Å². The molecule has 10 nitrogen and oxygen atoms in total. The molecule has 0 unspecified atom stereocenters. The monoisotopic (exact) mass is 693 g/mol. The zero-order chi connectivity index (χ0) is 35.4.